The van der Waals surface area contributed by atoms with E-state index in [4.69, 9.17) is 10.8 Å². The third-order valence-electron chi connectivity index (χ3n) is 3.01. The van der Waals surface area contributed by atoms with Gasteiger partial charge in [-0.05, 0) is 30.4 Å². The third kappa shape index (κ3) is 1.60. The smallest absolute Gasteiger partial charge is 0.0454 e. The molecule has 1 aliphatic carbocycles. The van der Waals surface area contributed by atoms with Crippen molar-refractivity contribution in [3.8, 4) is 0 Å². The molecule has 0 amide bonds. The van der Waals surface area contributed by atoms with Crippen LogP contribution in [0.1, 0.15) is 18.4 Å². The van der Waals surface area contributed by atoms with Gasteiger partial charge in [0.2, 0.25) is 0 Å². The average molecular weight is 256 g/mol. The molecule has 0 radical (unpaired) electrons. The van der Waals surface area contributed by atoms with E-state index in [2.05, 4.69) is 22.0 Å². The van der Waals surface area contributed by atoms with Crippen molar-refractivity contribution in [3.05, 3.63) is 34.3 Å². The number of halogens is 1. The summed E-state index contributed by atoms with van der Waals surface area (Å²) in [7, 11) is 0. The average Bonchev–Trinajstić information content (AvgIpc) is 2.79. The minimum absolute atomic E-state index is 0.206. The van der Waals surface area contributed by atoms with Crippen molar-refractivity contribution in [3.63, 3.8) is 0 Å². The second-order valence-corrected chi connectivity index (χ2v) is 4.79. The van der Waals surface area contributed by atoms with Crippen LogP contribution in [0.4, 0.5) is 0 Å². The first-order chi connectivity index (χ1) is 6.68. The zero-order valence-electron chi connectivity index (χ0n) is 7.91. The van der Waals surface area contributed by atoms with Gasteiger partial charge in [0, 0.05) is 16.6 Å². The number of aliphatic hydroxyl groups is 1. The quantitative estimate of drug-likeness (QED) is 0.868. The second kappa shape index (κ2) is 3.65. The van der Waals surface area contributed by atoms with E-state index in [-0.39, 0.29) is 12.1 Å². The van der Waals surface area contributed by atoms with Gasteiger partial charge >= 0.3 is 0 Å². The molecule has 0 unspecified atom stereocenters. The van der Waals surface area contributed by atoms with E-state index in [0.29, 0.717) is 5.92 Å². The lowest BCUT2D eigenvalue weighted by atomic mass is 10.0. The molecule has 1 aromatic rings. The fourth-order valence-corrected chi connectivity index (χ4v) is 2.69. The molecule has 1 aromatic carbocycles. The van der Waals surface area contributed by atoms with Crippen molar-refractivity contribution in [2.24, 2.45) is 11.7 Å². The Morgan fingerprint density at radius 3 is 2.86 bits per heavy atom. The Hall–Kier alpha value is -0.380. The normalized spacial score (nSPS) is 30.4. The molecule has 0 spiro atoms. The third-order valence-corrected chi connectivity index (χ3v) is 3.70. The summed E-state index contributed by atoms with van der Waals surface area (Å²) in [5, 5.41) is 8.86. The number of hydrogen-bond acceptors (Lipinski definition) is 2. The van der Waals surface area contributed by atoms with E-state index < -0.39 is 0 Å². The largest absolute Gasteiger partial charge is 0.396 e. The summed E-state index contributed by atoms with van der Waals surface area (Å²) in [6.07, 6.45) is 1.79. The summed E-state index contributed by atoms with van der Waals surface area (Å²) >= 11 is 3.51. The Morgan fingerprint density at radius 1 is 1.50 bits per heavy atom. The lowest BCUT2D eigenvalue weighted by molar-refractivity contribution is 0.275. The van der Waals surface area contributed by atoms with Crippen LogP contribution >= 0.6 is 15.9 Å². The fourth-order valence-electron chi connectivity index (χ4n) is 2.03. The molecule has 2 atom stereocenters. The molecule has 2 rings (SSSR count). The van der Waals surface area contributed by atoms with Crippen LogP contribution in [0.5, 0.6) is 0 Å². The van der Waals surface area contributed by atoms with Crippen molar-refractivity contribution in [2.45, 2.75) is 18.4 Å². The first-order valence-corrected chi connectivity index (χ1v) is 5.62. The van der Waals surface area contributed by atoms with Crippen molar-refractivity contribution in [1.82, 2.24) is 0 Å². The van der Waals surface area contributed by atoms with Crippen LogP contribution in [0.3, 0.4) is 0 Å². The predicted octanol–water partition coefficient (Wildman–Crippen LogP) is 2.01. The lowest BCUT2D eigenvalue weighted by Gasteiger charge is -2.13. The van der Waals surface area contributed by atoms with Gasteiger partial charge in [0.05, 0.1) is 0 Å². The van der Waals surface area contributed by atoms with Crippen LogP contribution in [0.25, 0.3) is 0 Å². The SMILES string of the molecule is N[C@@]1(c2ccccc2Br)C[C@H]1CCO. The van der Waals surface area contributed by atoms with E-state index in [1.165, 1.54) is 5.56 Å². The molecule has 0 saturated heterocycles. The summed E-state index contributed by atoms with van der Waals surface area (Å²) in [5.74, 6) is 0.436. The number of aliphatic hydroxyl groups excluding tert-OH is 1. The van der Waals surface area contributed by atoms with Gasteiger partial charge in [0.15, 0.2) is 0 Å². The summed E-state index contributed by atoms with van der Waals surface area (Å²) in [4.78, 5) is 0. The molecule has 2 nitrogen and oxygen atoms in total. The number of nitrogens with two attached hydrogens (primary N) is 1. The zero-order chi connectivity index (χ0) is 10.2. The Kier molecular flexibility index (Phi) is 2.64. The van der Waals surface area contributed by atoms with Gasteiger partial charge in [-0.2, -0.15) is 0 Å². The molecule has 0 bridgehead atoms. The van der Waals surface area contributed by atoms with Crippen molar-refractivity contribution >= 4 is 15.9 Å². The van der Waals surface area contributed by atoms with Crippen LogP contribution in [0.2, 0.25) is 0 Å². The molecule has 1 aliphatic rings. The molecule has 0 aliphatic heterocycles. The maximum atomic E-state index is 8.86. The summed E-state index contributed by atoms with van der Waals surface area (Å²) < 4.78 is 1.07. The Balaban J connectivity index is 2.21. The molecule has 1 fully saturated rings. The summed E-state index contributed by atoms with van der Waals surface area (Å²) in [6.45, 7) is 0.230. The van der Waals surface area contributed by atoms with Gasteiger partial charge in [0.25, 0.3) is 0 Å². The van der Waals surface area contributed by atoms with Gasteiger partial charge in [-0.1, -0.05) is 34.1 Å². The molecular formula is C11H14BrNO. The maximum Gasteiger partial charge on any atom is 0.0454 e. The molecule has 0 aromatic heterocycles. The fraction of sp³-hybridized carbons (Fsp3) is 0.455. The number of hydrogen-bond donors (Lipinski definition) is 2. The lowest BCUT2D eigenvalue weighted by Crippen LogP contribution is -2.23. The van der Waals surface area contributed by atoms with Crippen LogP contribution in [0, 0.1) is 5.92 Å². The van der Waals surface area contributed by atoms with Gasteiger partial charge in [-0.25, -0.2) is 0 Å². The first kappa shape index (κ1) is 10.1. The molecular weight excluding hydrogens is 242 g/mol. The minimum Gasteiger partial charge on any atom is -0.396 e. The van der Waals surface area contributed by atoms with Crippen LogP contribution in [-0.4, -0.2) is 11.7 Å². The highest BCUT2D eigenvalue weighted by atomic mass is 79.9. The highest BCUT2D eigenvalue weighted by Gasteiger charge is 2.52. The van der Waals surface area contributed by atoms with E-state index in [1.54, 1.807) is 0 Å². The maximum absolute atomic E-state index is 8.86. The predicted molar refractivity (Wildman–Crippen MR) is 59.8 cm³/mol. The highest BCUT2D eigenvalue weighted by molar-refractivity contribution is 9.10. The monoisotopic (exact) mass is 255 g/mol. The standard InChI is InChI=1S/C11H14BrNO/c12-10-4-2-1-3-9(10)11(13)7-8(11)5-6-14/h1-4,8,14H,5-7,13H2/t8-,11+/m1/s1. The van der Waals surface area contributed by atoms with Crippen molar-refractivity contribution in [2.75, 3.05) is 6.61 Å². The first-order valence-electron chi connectivity index (χ1n) is 4.83. The summed E-state index contributed by atoms with van der Waals surface area (Å²) in [5.41, 5.74) is 7.22. The topological polar surface area (TPSA) is 46.2 Å². The Labute approximate surface area is 92.3 Å². The summed E-state index contributed by atoms with van der Waals surface area (Å²) in [6, 6.07) is 8.06. The van der Waals surface area contributed by atoms with Crippen LogP contribution < -0.4 is 5.73 Å². The van der Waals surface area contributed by atoms with Gasteiger partial charge in [-0.3, -0.25) is 0 Å². The Morgan fingerprint density at radius 2 is 2.21 bits per heavy atom. The molecule has 0 heterocycles. The Bertz CT molecular complexity index is 342. The van der Waals surface area contributed by atoms with Gasteiger partial charge < -0.3 is 10.8 Å². The number of benzene rings is 1. The van der Waals surface area contributed by atoms with E-state index >= 15 is 0 Å². The molecule has 76 valence electrons. The molecule has 3 heteroatoms. The van der Waals surface area contributed by atoms with Crippen molar-refractivity contribution < 1.29 is 5.11 Å². The van der Waals surface area contributed by atoms with E-state index in [0.717, 1.165) is 17.3 Å². The van der Waals surface area contributed by atoms with E-state index in [9.17, 15) is 0 Å². The molecule has 1 saturated carbocycles. The molecule has 3 N–H and O–H groups in total. The minimum atomic E-state index is -0.206. The number of rotatable bonds is 3. The van der Waals surface area contributed by atoms with Crippen LogP contribution in [-0.2, 0) is 5.54 Å². The van der Waals surface area contributed by atoms with Crippen molar-refractivity contribution in [1.29, 1.82) is 0 Å². The zero-order valence-corrected chi connectivity index (χ0v) is 9.50. The van der Waals surface area contributed by atoms with Gasteiger partial charge in [-0.15, -0.1) is 0 Å². The molecule has 14 heavy (non-hydrogen) atoms. The second-order valence-electron chi connectivity index (χ2n) is 3.93. The van der Waals surface area contributed by atoms with Gasteiger partial charge in [0.1, 0.15) is 0 Å². The van der Waals surface area contributed by atoms with Crippen LogP contribution in [0.15, 0.2) is 28.7 Å². The van der Waals surface area contributed by atoms with E-state index in [1.807, 2.05) is 18.2 Å². The highest BCUT2D eigenvalue weighted by Crippen LogP contribution is 2.53.